The summed E-state index contributed by atoms with van der Waals surface area (Å²) in [6.07, 6.45) is 6.93. The number of nitrogens with one attached hydrogen (secondary N) is 2. The predicted molar refractivity (Wildman–Crippen MR) is 106 cm³/mol. The van der Waals surface area contributed by atoms with Crippen molar-refractivity contribution in [2.45, 2.75) is 56.8 Å². The minimum atomic E-state index is -0.412. The molecule has 0 aromatic carbocycles. The van der Waals surface area contributed by atoms with Gasteiger partial charge in [-0.3, -0.25) is 14.6 Å². The summed E-state index contributed by atoms with van der Waals surface area (Å²) >= 11 is 0. The number of ether oxygens (including phenoxy) is 2. The second-order valence-corrected chi connectivity index (χ2v) is 7.73. The molecule has 2 amide bonds. The van der Waals surface area contributed by atoms with Gasteiger partial charge in [0.05, 0.1) is 25.2 Å². The van der Waals surface area contributed by atoms with Gasteiger partial charge in [-0.1, -0.05) is 0 Å². The molecule has 0 saturated carbocycles. The second kappa shape index (κ2) is 11.2. The Bertz CT molecular complexity index is 651. The topological polar surface area (TPSA) is 110 Å². The minimum Gasteiger partial charge on any atom is -0.394 e. The Hall–Kier alpha value is -2.03. The van der Waals surface area contributed by atoms with Crippen molar-refractivity contribution in [1.29, 1.82) is 0 Å². The van der Waals surface area contributed by atoms with E-state index < -0.39 is 6.10 Å². The highest BCUT2D eigenvalue weighted by Crippen LogP contribution is 2.23. The number of hydrogen-bond donors (Lipinski definition) is 3. The molecule has 1 aromatic rings. The summed E-state index contributed by atoms with van der Waals surface area (Å²) in [6.45, 7) is 1.63. The number of hydrogen-bond acceptors (Lipinski definition) is 6. The molecule has 8 nitrogen and oxygen atoms in total. The Morgan fingerprint density at radius 1 is 1.14 bits per heavy atom. The molecule has 0 spiro atoms. The number of aliphatic hydroxyl groups is 1. The molecular weight excluding hydrogens is 374 g/mol. The maximum atomic E-state index is 12.5. The number of pyridine rings is 1. The highest BCUT2D eigenvalue weighted by atomic mass is 16.5. The lowest BCUT2D eigenvalue weighted by Gasteiger charge is -2.37. The third kappa shape index (κ3) is 6.76. The van der Waals surface area contributed by atoms with Gasteiger partial charge in [-0.15, -0.1) is 0 Å². The number of aromatic nitrogens is 1. The largest absolute Gasteiger partial charge is 0.394 e. The third-order valence-corrected chi connectivity index (χ3v) is 5.62. The molecule has 2 fully saturated rings. The second-order valence-electron chi connectivity index (χ2n) is 7.73. The number of rotatable bonds is 8. The summed E-state index contributed by atoms with van der Waals surface area (Å²) in [4.78, 5) is 28.4. The summed E-state index contributed by atoms with van der Waals surface area (Å²) < 4.78 is 11.3. The summed E-state index contributed by atoms with van der Waals surface area (Å²) in [5, 5.41) is 15.7. The van der Waals surface area contributed by atoms with E-state index in [0.29, 0.717) is 32.6 Å². The molecule has 0 aliphatic carbocycles. The number of carbonyl (C=O) groups excluding carboxylic acids is 2. The average molecular weight is 405 g/mol. The van der Waals surface area contributed by atoms with E-state index in [1.807, 2.05) is 12.1 Å². The maximum Gasteiger partial charge on any atom is 0.224 e. The van der Waals surface area contributed by atoms with Crippen LogP contribution in [-0.4, -0.2) is 66.5 Å². The number of carbonyl (C=O) groups is 2. The first-order chi connectivity index (χ1) is 14.2. The minimum absolute atomic E-state index is 0.0172. The predicted octanol–water partition coefficient (Wildman–Crippen LogP) is 0.582. The molecule has 2 aliphatic rings. The van der Waals surface area contributed by atoms with E-state index in [9.17, 15) is 14.7 Å². The summed E-state index contributed by atoms with van der Waals surface area (Å²) in [6, 6.07) is 3.47. The number of nitrogens with zero attached hydrogens (tertiary/aromatic N) is 1. The molecule has 3 atom stereocenters. The van der Waals surface area contributed by atoms with Gasteiger partial charge in [-0.05, 0) is 49.8 Å². The SMILES string of the molecule is O=C(Cc1ccncc1)NCC[C@H]1CC[C@@H](NC(=O)C2CCOCC2)[C@H](CO)O1. The van der Waals surface area contributed by atoms with Crippen LogP contribution >= 0.6 is 0 Å². The molecule has 8 heteroatoms. The van der Waals surface area contributed by atoms with Crippen molar-refractivity contribution in [2.24, 2.45) is 5.92 Å². The van der Waals surface area contributed by atoms with Crippen molar-refractivity contribution in [3.8, 4) is 0 Å². The van der Waals surface area contributed by atoms with Crippen LogP contribution in [-0.2, 0) is 25.5 Å². The maximum absolute atomic E-state index is 12.5. The van der Waals surface area contributed by atoms with Crippen molar-refractivity contribution < 1.29 is 24.2 Å². The molecule has 2 saturated heterocycles. The fourth-order valence-electron chi connectivity index (χ4n) is 3.89. The molecule has 3 heterocycles. The first-order valence-electron chi connectivity index (χ1n) is 10.5. The van der Waals surface area contributed by atoms with Crippen LogP contribution in [0.15, 0.2) is 24.5 Å². The Balaban J connectivity index is 1.37. The van der Waals surface area contributed by atoms with Gasteiger partial charge in [0.1, 0.15) is 6.10 Å². The third-order valence-electron chi connectivity index (χ3n) is 5.62. The standard InChI is InChI=1S/C21H31N3O5/c25-14-19-18(24-21(27)16-6-11-28-12-7-16)2-1-17(29-19)5-10-23-20(26)13-15-3-8-22-9-4-15/h3-4,8-9,16-19,25H,1-2,5-7,10-14H2,(H,23,26)(H,24,27)/t17-,18-,19+/m1/s1. The average Bonchev–Trinajstić information content (AvgIpc) is 2.76. The van der Waals surface area contributed by atoms with Crippen molar-refractivity contribution >= 4 is 11.8 Å². The van der Waals surface area contributed by atoms with Crippen LogP contribution in [0.2, 0.25) is 0 Å². The zero-order valence-corrected chi connectivity index (χ0v) is 16.7. The van der Waals surface area contributed by atoms with E-state index in [-0.39, 0.29) is 36.5 Å². The fraction of sp³-hybridized carbons (Fsp3) is 0.667. The van der Waals surface area contributed by atoms with Gasteiger partial charge in [-0.2, -0.15) is 0 Å². The zero-order valence-electron chi connectivity index (χ0n) is 16.7. The summed E-state index contributed by atoms with van der Waals surface area (Å²) in [5.41, 5.74) is 0.926. The van der Waals surface area contributed by atoms with Gasteiger partial charge in [0.2, 0.25) is 11.8 Å². The van der Waals surface area contributed by atoms with Crippen molar-refractivity contribution in [2.75, 3.05) is 26.4 Å². The van der Waals surface area contributed by atoms with E-state index in [1.165, 1.54) is 0 Å². The fourth-order valence-corrected chi connectivity index (χ4v) is 3.89. The lowest BCUT2D eigenvalue weighted by Crippen LogP contribution is -2.52. The van der Waals surface area contributed by atoms with Crippen LogP contribution in [0.5, 0.6) is 0 Å². The van der Waals surface area contributed by atoms with Crippen LogP contribution in [0.3, 0.4) is 0 Å². The lowest BCUT2D eigenvalue weighted by atomic mass is 9.94. The molecule has 1 aromatic heterocycles. The smallest absolute Gasteiger partial charge is 0.224 e. The first-order valence-corrected chi connectivity index (χ1v) is 10.5. The number of amides is 2. The highest BCUT2D eigenvalue weighted by Gasteiger charge is 2.33. The molecule has 3 N–H and O–H groups in total. The van der Waals surface area contributed by atoms with Gasteiger partial charge < -0.3 is 25.2 Å². The van der Waals surface area contributed by atoms with E-state index in [1.54, 1.807) is 12.4 Å². The number of aliphatic hydroxyl groups excluding tert-OH is 1. The Kier molecular flexibility index (Phi) is 8.39. The Morgan fingerprint density at radius 3 is 2.62 bits per heavy atom. The molecule has 0 radical (unpaired) electrons. The molecule has 29 heavy (non-hydrogen) atoms. The van der Waals surface area contributed by atoms with Crippen LogP contribution in [0, 0.1) is 5.92 Å². The van der Waals surface area contributed by atoms with E-state index in [0.717, 1.165) is 31.2 Å². The van der Waals surface area contributed by atoms with E-state index in [4.69, 9.17) is 9.47 Å². The van der Waals surface area contributed by atoms with E-state index >= 15 is 0 Å². The van der Waals surface area contributed by atoms with Crippen LogP contribution < -0.4 is 10.6 Å². The molecular formula is C21H31N3O5. The molecule has 0 bridgehead atoms. The molecule has 160 valence electrons. The van der Waals surface area contributed by atoms with Crippen molar-refractivity contribution in [3.05, 3.63) is 30.1 Å². The monoisotopic (exact) mass is 405 g/mol. The zero-order chi connectivity index (χ0) is 20.5. The molecule has 0 unspecified atom stereocenters. The van der Waals surface area contributed by atoms with Gasteiger partial charge in [0, 0.05) is 38.1 Å². The lowest BCUT2D eigenvalue weighted by molar-refractivity contribution is -0.135. The van der Waals surface area contributed by atoms with Crippen molar-refractivity contribution in [3.63, 3.8) is 0 Å². The normalized spacial score (nSPS) is 25.3. The molecule has 3 rings (SSSR count). The summed E-state index contributed by atoms with van der Waals surface area (Å²) in [5.74, 6) is -0.0223. The Labute approximate surface area is 171 Å². The van der Waals surface area contributed by atoms with Crippen LogP contribution in [0.1, 0.15) is 37.7 Å². The van der Waals surface area contributed by atoms with Crippen LogP contribution in [0.4, 0.5) is 0 Å². The van der Waals surface area contributed by atoms with Crippen molar-refractivity contribution in [1.82, 2.24) is 15.6 Å². The van der Waals surface area contributed by atoms with Gasteiger partial charge in [0.25, 0.3) is 0 Å². The van der Waals surface area contributed by atoms with Gasteiger partial charge in [0.15, 0.2) is 0 Å². The van der Waals surface area contributed by atoms with E-state index in [2.05, 4.69) is 15.6 Å². The van der Waals surface area contributed by atoms with Gasteiger partial charge in [-0.25, -0.2) is 0 Å². The summed E-state index contributed by atoms with van der Waals surface area (Å²) in [7, 11) is 0. The van der Waals surface area contributed by atoms with Gasteiger partial charge >= 0.3 is 0 Å². The quantitative estimate of drug-likeness (QED) is 0.584. The van der Waals surface area contributed by atoms with Crippen LogP contribution in [0.25, 0.3) is 0 Å². The highest BCUT2D eigenvalue weighted by molar-refractivity contribution is 5.79. The Morgan fingerprint density at radius 2 is 1.90 bits per heavy atom. The molecule has 2 aliphatic heterocycles. The first kappa shape index (κ1) is 21.7.